The van der Waals surface area contributed by atoms with E-state index >= 15 is 0 Å². The monoisotopic (exact) mass is 323 g/mol. The number of rotatable bonds is 5. The van der Waals surface area contributed by atoms with Crippen molar-refractivity contribution in [3.63, 3.8) is 0 Å². The lowest BCUT2D eigenvalue weighted by molar-refractivity contribution is 0.0939. The molecule has 24 heavy (non-hydrogen) atoms. The molecule has 1 atom stereocenters. The molecule has 0 saturated heterocycles. The molecule has 1 aliphatic carbocycles. The van der Waals surface area contributed by atoms with E-state index in [2.05, 4.69) is 15.6 Å². The molecule has 1 aromatic heterocycles. The number of carbonyl (C=O) groups excluding carboxylic acids is 1. The van der Waals surface area contributed by atoms with Crippen LogP contribution < -0.4 is 10.6 Å². The molecule has 4 heteroatoms. The van der Waals surface area contributed by atoms with Gasteiger partial charge in [0.1, 0.15) is 0 Å². The molecule has 3 rings (SSSR count). The zero-order valence-electron chi connectivity index (χ0n) is 14.2. The van der Waals surface area contributed by atoms with Crippen molar-refractivity contribution in [2.24, 2.45) is 0 Å². The van der Waals surface area contributed by atoms with Crippen LogP contribution in [0.4, 0.5) is 5.69 Å². The molecule has 0 bridgehead atoms. The summed E-state index contributed by atoms with van der Waals surface area (Å²) in [6, 6.07) is 12.3. The van der Waals surface area contributed by atoms with E-state index in [1.807, 2.05) is 43.3 Å². The van der Waals surface area contributed by atoms with Crippen LogP contribution in [0.15, 0.2) is 48.8 Å². The first-order valence-electron chi connectivity index (χ1n) is 8.80. The molecule has 2 N–H and O–H groups in total. The third-order valence-electron chi connectivity index (χ3n) is 4.62. The molecule has 1 unspecified atom stereocenters. The molecular weight excluding hydrogens is 298 g/mol. The summed E-state index contributed by atoms with van der Waals surface area (Å²) in [6.07, 6.45) is 9.70. The van der Waals surface area contributed by atoms with Crippen LogP contribution in [0.25, 0.3) is 0 Å². The Balaban J connectivity index is 1.63. The van der Waals surface area contributed by atoms with Crippen molar-refractivity contribution in [2.45, 2.75) is 51.1 Å². The van der Waals surface area contributed by atoms with Gasteiger partial charge in [0.05, 0.1) is 17.3 Å². The van der Waals surface area contributed by atoms with Crippen LogP contribution in [-0.2, 0) is 0 Å². The Bertz CT molecular complexity index is 666. The molecule has 1 aliphatic rings. The van der Waals surface area contributed by atoms with Gasteiger partial charge in [-0.1, -0.05) is 49.6 Å². The number of carbonyl (C=O) groups is 1. The highest BCUT2D eigenvalue weighted by molar-refractivity contribution is 5.95. The number of nitrogens with zero attached hydrogens (tertiary/aromatic N) is 1. The van der Waals surface area contributed by atoms with Gasteiger partial charge in [-0.3, -0.25) is 9.78 Å². The highest BCUT2D eigenvalue weighted by Gasteiger charge is 2.15. The highest BCUT2D eigenvalue weighted by Crippen LogP contribution is 2.22. The molecule has 1 amide bonds. The first kappa shape index (κ1) is 16.5. The molecule has 0 radical (unpaired) electrons. The molecule has 0 spiro atoms. The third kappa shape index (κ3) is 4.34. The maximum Gasteiger partial charge on any atom is 0.253 e. The van der Waals surface area contributed by atoms with Crippen molar-refractivity contribution in [3.8, 4) is 0 Å². The Labute approximate surface area is 143 Å². The summed E-state index contributed by atoms with van der Waals surface area (Å²) in [5.41, 5.74) is 2.62. The second-order valence-corrected chi connectivity index (χ2v) is 6.55. The fraction of sp³-hybridized carbons (Fsp3) is 0.400. The van der Waals surface area contributed by atoms with Crippen LogP contribution in [0.2, 0.25) is 0 Å². The van der Waals surface area contributed by atoms with Crippen molar-refractivity contribution in [2.75, 3.05) is 5.32 Å². The van der Waals surface area contributed by atoms with Crippen molar-refractivity contribution < 1.29 is 4.79 Å². The van der Waals surface area contributed by atoms with Gasteiger partial charge in [-0.15, -0.1) is 0 Å². The van der Waals surface area contributed by atoms with Crippen molar-refractivity contribution >= 4 is 11.6 Å². The molecule has 4 nitrogen and oxygen atoms in total. The fourth-order valence-corrected chi connectivity index (χ4v) is 3.23. The molecule has 0 aliphatic heterocycles. The Morgan fingerprint density at radius 1 is 1.12 bits per heavy atom. The number of anilines is 1. The van der Waals surface area contributed by atoms with Gasteiger partial charge in [-0.05, 0) is 31.4 Å². The van der Waals surface area contributed by atoms with Gasteiger partial charge in [0, 0.05) is 18.4 Å². The van der Waals surface area contributed by atoms with Crippen LogP contribution in [-0.4, -0.2) is 16.9 Å². The zero-order valence-corrected chi connectivity index (χ0v) is 14.2. The SMILES string of the molecule is CC(NC(=O)c1cncc(NC2CCCCC2)c1)c1ccccc1. The van der Waals surface area contributed by atoms with Gasteiger partial charge < -0.3 is 10.6 Å². The van der Waals surface area contributed by atoms with E-state index in [9.17, 15) is 4.79 Å². The number of nitrogens with one attached hydrogen (secondary N) is 2. The fourth-order valence-electron chi connectivity index (χ4n) is 3.23. The molecule has 1 saturated carbocycles. The van der Waals surface area contributed by atoms with E-state index in [1.165, 1.54) is 32.1 Å². The normalized spacial score (nSPS) is 16.4. The molecule has 1 heterocycles. The number of hydrogen-bond donors (Lipinski definition) is 2. The highest BCUT2D eigenvalue weighted by atomic mass is 16.1. The van der Waals surface area contributed by atoms with Gasteiger partial charge in [-0.25, -0.2) is 0 Å². The first-order valence-corrected chi connectivity index (χ1v) is 8.80. The van der Waals surface area contributed by atoms with Gasteiger partial charge in [0.15, 0.2) is 0 Å². The summed E-state index contributed by atoms with van der Waals surface area (Å²) in [5.74, 6) is -0.0915. The standard InChI is InChI=1S/C20H25N3O/c1-15(16-8-4-2-5-9-16)22-20(24)17-12-19(14-21-13-17)23-18-10-6-3-7-11-18/h2,4-5,8-9,12-15,18,23H,3,6-7,10-11H2,1H3,(H,22,24). The Hall–Kier alpha value is -2.36. The summed E-state index contributed by atoms with van der Waals surface area (Å²) >= 11 is 0. The lowest BCUT2D eigenvalue weighted by Gasteiger charge is -2.23. The van der Waals surface area contributed by atoms with Crippen LogP contribution in [0.5, 0.6) is 0 Å². The van der Waals surface area contributed by atoms with Crippen molar-refractivity contribution in [1.82, 2.24) is 10.3 Å². The zero-order chi connectivity index (χ0) is 16.8. The van der Waals surface area contributed by atoms with Gasteiger partial charge >= 0.3 is 0 Å². The average molecular weight is 323 g/mol. The van der Waals surface area contributed by atoms with E-state index < -0.39 is 0 Å². The molecule has 2 aromatic rings. The summed E-state index contributed by atoms with van der Waals surface area (Å²) in [7, 11) is 0. The summed E-state index contributed by atoms with van der Waals surface area (Å²) in [5, 5.41) is 6.56. The molecule has 126 valence electrons. The lowest BCUT2D eigenvalue weighted by Crippen LogP contribution is -2.27. The van der Waals surface area contributed by atoms with E-state index in [0.717, 1.165) is 11.3 Å². The minimum absolute atomic E-state index is 0.0336. The largest absolute Gasteiger partial charge is 0.381 e. The van der Waals surface area contributed by atoms with Crippen LogP contribution >= 0.6 is 0 Å². The summed E-state index contributed by atoms with van der Waals surface area (Å²) < 4.78 is 0. The van der Waals surface area contributed by atoms with Crippen LogP contribution in [0, 0.1) is 0 Å². The Morgan fingerprint density at radius 3 is 2.62 bits per heavy atom. The quantitative estimate of drug-likeness (QED) is 0.861. The molecule has 1 aromatic carbocycles. The smallest absolute Gasteiger partial charge is 0.253 e. The number of hydrogen-bond acceptors (Lipinski definition) is 3. The number of pyridine rings is 1. The number of amides is 1. The Kier molecular flexibility index (Phi) is 5.47. The lowest BCUT2D eigenvalue weighted by atomic mass is 9.95. The summed E-state index contributed by atoms with van der Waals surface area (Å²) in [4.78, 5) is 16.7. The first-order chi connectivity index (χ1) is 11.7. The van der Waals surface area contributed by atoms with Crippen LogP contribution in [0.3, 0.4) is 0 Å². The Morgan fingerprint density at radius 2 is 1.88 bits per heavy atom. The van der Waals surface area contributed by atoms with E-state index in [4.69, 9.17) is 0 Å². The van der Waals surface area contributed by atoms with E-state index in [0.29, 0.717) is 11.6 Å². The van der Waals surface area contributed by atoms with Crippen molar-refractivity contribution in [1.29, 1.82) is 0 Å². The van der Waals surface area contributed by atoms with E-state index in [-0.39, 0.29) is 11.9 Å². The predicted molar refractivity (Wildman–Crippen MR) is 97.1 cm³/mol. The van der Waals surface area contributed by atoms with Gasteiger partial charge in [0.25, 0.3) is 5.91 Å². The number of benzene rings is 1. The molecular formula is C20H25N3O. The van der Waals surface area contributed by atoms with E-state index in [1.54, 1.807) is 12.4 Å². The topological polar surface area (TPSA) is 54.0 Å². The molecule has 1 fully saturated rings. The second kappa shape index (κ2) is 7.95. The third-order valence-corrected chi connectivity index (χ3v) is 4.62. The second-order valence-electron chi connectivity index (χ2n) is 6.55. The van der Waals surface area contributed by atoms with Gasteiger partial charge in [-0.2, -0.15) is 0 Å². The van der Waals surface area contributed by atoms with Crippen LogP contribution in [0.1, 0.15) is 61.0 Å². The summed E-state index contributed by atoms with van der Waals surface area (Å²) in [6.45, 7) is 1.99. The average Bonchev–Trinajstić information content (AvgIpc) is 2.63. The maximum atomic E-state index is 12.5. The van der Waals surface area contributed by atoms with Gasteiger partial charge in [0.2, 0.25) is 0 Å². The maximum absolute atomic E-state index is 12.5. The predicted octanol–water partition coefficient (Wildman–Crippen LogP) is 4.32. The minimum atomic E-state index is -0.0915. The number of aromatic nitrogens is 1. The minimum Gasteiger partial charge on any atom is -0.381 e. The van der Waals surface area contributed by atoms with Crippen molar-refractivity contribution in [3.05, 3.63) is 59.9 Å².